The number of aryl methyl sites for hydroxylation is 1. The SMILES string of the molecule is CC(=O)N[C@@H]1C[C@H](CCc2ccccc2)O[C@H](c2nccs2)C1. The van der Waals surface area contributed by atoms with Gasteiger partial charge in [0.15, 0.2) is 0 Å². The monoisotopic (exact) mass is 330 g/mol. The summed E-state index contributed by atoms with van der Waals surface area (Å²) in [4.78, 5) is 15.8. The van der Waals surface area contributed by atoms with Crippen LogP contribution in [0.4, 0.5) is 0 Å². The normalized spacial score (nSPS) is 24.3. The van der Waals surface area contributed by atoms with Crippen LogP contribution >= 0.6 is 11.3 Å². The van der Waals surface area contributed by atoms with Gasteiger partial charge in [0.1, 0.15) is 11.1 Å². The topological polar surface area (TPSA) is 51.2 Å². The van der Waals surface area contributed by atoms with Gasteiger partial charge in [-0.3, -0.25) is 4.79 Å². The van der Waals surface area contributed by atoms with Crippen LogP contribution in [0.25, 0.3) is 0 Å². The van der Waals surface area contributed by atoms with Crippen molar-refractivity contribution in [3.05, 3.63) is 52.5 Å². The molecule has 1 amide bonds. The molecule has 23 heavy (non-hydrogen) atoms. The molecule has 0 radical (unpaired) electrons. The van der Waals surface area contributed by atoms with Gasteiger partial charge in [-0.1, -0.05) is 30.3 Å². The second-order valence-electron chi connectivity index (χ2n) is 6.01. The van der Waals surface area contributed by atoms with Crippen LogP contribution in [0.15, 0.2) is 41.9 Å². The van der Waals surface area contributed by atoms with E-state index in [9.17, 15) is 4.79 Å². The molecule has 5 heteroatoms. The van der Waals surface area contributed by atoms with Gasteiger partial charge in [-0.05, 0) is 24.8 Å². The molecule has 0 unspecified atom stereocenters. The predicted molar refractivity (Wildman–Crippen MR) is 91.3 cm³/mol. The van der Waals surface area contributed by atoms with Crippen LogP contribution in [0.1, 0.15) is 42.9 Å². The Bertz CT molecular complexity index is 615. The van der Waals surface area contributed by atoms with Crippen molar-refractivity contribution in [2.75, 3.05) is 0 Å². The minimum Gasteiger partial charge on any atom is -0.368 e. The Morgan fingerprint density at radius 1 is 1.35 bits per heavy atom. The third-order valence-electron chi connectivity index (χ3n) is 4.13. The van der Waals surface area contributed by atoms with E-state index in [0.717, 1.165) is 30.7 Å². The fraction of sp³-hybridized carbons (Fsp3) is 0.444. The third-order valence-corrected chi connectivity index (χ3v) is 5.00. The smallest absolute Gasteiger partial charge is 0.217 e. The van der Waals surface area contributed by atoms with Crippen molar-refractivity contribution in [1.82, 2.24) is 10.3 Å². The highest BCUT2D eigenvalue weighted by molar-refractivity contribution is 7.09. The van der Waals surface area contributed by atoms with Crippen molar-refractivity contribution in [3.63, 3.8) is 0 Å². The molecule has 2 heterocycles. The number of hydrogen-bond donors (Lipinski definition) is 1. The fourth-order valence-electron chi connectivity index (χ4n) is 3.13. The van der Waals surface area contributed by atoms with Crippen LogP contribution in [0.2, 0.25) is 0 Å². The van der Waals surface area contributed by atoms with E-state index in [4.69, 9.17) is 4.74 Å². The van der Waals surface area contributed by atoms with Gasteiger partial charge in [0.25, 0.3) is 0 Å². The summed E-state index contributed by atoms with van der Waals surface area (Å²) in [7, 11) is 0. The summed E-state index contributed by atoms with van der Waals surface area (Å²) in [5, 5.41) is 6.04. The van der Waals surface area contributed by atoms with Crippen molar-refractivity contribution in [2.24, 2.45) is 0 Å². The molecule has 2 aromatic rings. The van der Waals surface area contributed by atoms with Crippen LogP contribution in [-0.4, -0.2) is 23.0 Å². The Balaban J connectivity index is 1.64. The maximum atomic E-state index is 11.4. The van der Waals surface area contributed by atoms with E-state index in [1.165, 1.54) is 5.56 Å². The highest BCUT2D eigenvalue weighted by Gasteiger charge is 2.31. The molecule has 3 rings (SSSR count). The molecule has 3 atom stereocenters. The zero-order valence-corrected chi connectivity index (χ0v) is 14.1. The maximum absolute atomic E-state index is 11.4. The molecule has 1 aliphatic rings. The summed E-state index contributed by atoms with van der Waals surface area (Å²) in [6.45, 7) is 1.58. The largest absolute Gasteiger partial charge is 0.368 e. The number of aromatic nitrogens is 1. The lowest BCUT2D eigenvalue weighted by Crippen LogP contribution is -2.42. The lowest BCUT2D eigenvalue weighted by atomic mass is 9.94. The van der Waals surface area contributed by atoms with Crippen LogP contribution in [0, 0.1) is 0 Å². The van der Waals surface area contributed by atoms with Crippen molar-refractivity contribution >= 4 is 17.2 Å². The van der Waals surface area contributed by atoms with Gasteiger partial charge >= 0.3 is 0 Å². The highest BCUT2D eigenvalue weighted by Crippen LogP contribution is 2.34. The number of amides is 1. The number of carbonyl (C=O) groups excluding carboxylic acids is 1. The fourth-order valence-corrected chi connectivity index (χ4v) is 3.82. The maximum Gasteiger partial charge on any atom is 0.217 e. The molecule has 0 spiro atoms. The lowest BCUT2D eigenvalue weighted by Gasteiger charge is -2.35. The highest BCUT2D eigenvalue weighted by atomic mass is 32.1. The van der Waals surface area contributed by atoms with Crippen LogP contribution in [-0.2, 0) is 16.0 Å². The van der Waals surface area contributed by atoms with Gasteiger partial charge < -0.3 is 10.1 Å². The summed E-state index contributed by atoms with van der Waals surface area (Å²) < 4.78 is 6.26. The molecule has 0 bridgehead atoms. The van der Waals surface area contributed by atoms with E-state index >= 15 is 0 Å². The van der Waals surface area contributed by atoms with Crippen molar-refractivity contribution in [2.45, 2.75) is 50.9 Å². The minimum absolute atomic E-state index is 0.0126. The Morgan fingerprint density at radius 2 is 2.17 bits per heavy atom. The first-order chi connectivity index (χ1) is 11.2. The van der Waals surface area contributed by atoms with Gasteiger partial charge in [0.2, 0.25) is 5.91 Å². The number of thiazole rings is 1. The van der Waals surface area contributed by atoms with Crippen molar-refractivity contribution < 1.29 is 9.53 Å². The number of benzene rings is 1. The summed E-state index contributed by atoms with van der Waals surface area (Å²) in [5.74, 6) is 0.0246. The zero-order valence-electron chi connectivity index (χ0n) is 13.3. The molecule has 1 saturated heterocycles. The molecule has 1 N–H and O–H groups in total. The molecule has 1 aromatic heterocycles. The molecule has 4 nitrogen and oxygen atoms in total. The van der Waals surface area contributed by atoms with Gasteiger partial charge in [0, 0.05) is 31.0 Å². The summed E-state index contributed by atoms with van der Waals surface area (Å²) >= 11 is 1.62. The number of hydrogen-bond acceptors (Lipinski definition) is 4. The first-order valence-electron chi connectivity index (χ1n) is 8.06. The third kappa shape index (κ3) is 4.62. The van der Waals surface area contributed by atoms with Gasteiger partial charge in [-0.25, -0.2) is 4.98 Å². The van der Waals surface area contributed by atoms with E-state index in [-0.39, 0.29) is 24.2 Å². The first-order valence-corrected chi connectivity index (χ1v) is 8.94. The first kappa shape index (κ1) is 16.1. The van der Waals surface area contributed by atoms with E-state index in [1.807, 2.05) is 17.6 Å². The molecule has 1 aromatic carbocycles. The summed E-state index contributed by atoms with van der Waals surface area (Å²) in [5.41, 5.74) is 1.32. The van der Waals surface area contributed by atoms with E-state index in [1.54, 1.807) is 18.3 Å². The van der Waals surface area contributed by atoms with Crippen LogP contribution < -0.4 is 5.32 Å². The van der Waals surface area contributed by atoms with Crippen molar-refractivity contribution in [1.29, 1.82) is 0 Å². The minimum atomic E-state index is -0.0126. The zero-order chi connectivity index (χ0) is 16.1. The van der Waals surface area contributed by atoms with Gasteiger partial charge in [-0.2, -0.15) is 0 Å². The average molecular weight is 330 g/mol. The number of ether oxygens (including phenoxy) is 1. The van der Waals surface area contributed by atoms with E-state index in [0.29, 0.717) is 0 Å². The van der Waals surface area contributed by atoms with Gasteiger partial charge in [-0.15, -0.1) is 11.3 Å². The summed E-state index contributed by atoms with van der Waals surface area (Å²) in [6.07, 6.45) is 5.56. The Morgan fingerprint density at radius 3 is 2.87 bits per heavy atom. The van der Waals surface area contributed by atoms with Crippen molar-refractivity contribution in [3.8, 4) is 0 Å². The van der Waals surface area contributed by atoms with E-state index < -0.39 is 0 Å². The Kier molecular flexibility index (Phi) is 5.41. The van der Waals surface area contributed by atoms with Crippen LogP contribution in [0.3, 0.4) is 0 Å². The molecule has 1 fully saturated rings. The average Bonchev–Trinajstić information content (AvgIpc) is 3.08. The van der Waals surface area contributed by atoms with E-state index in [2.05, 4.69) is 34.6 Å². The molecular weight excluding hydrogens is 308 g/mol. The van der Waals surface area contributed by atoms with Crippen LogP contribution in [0.5, 0.6) is 0 Å². The number of rotatable bonds is 5. The number of nitrogens with zero attached hydrogens (tertiary/aromatic N) is 1. The number of nitrogens with one attached hydrogen (secondary N) is 1. The molecule has 0 aliphatic carbocycles. The Hall–Kier alpha value is -1.72. The standard InChI is InChI=1S/C18H22N2O2S/c1-13(21)20-15-11-16(8-7-14-5-3-2-4-6-14)22-17(12-15)18-19-9-10-23-18/h2-6,9-10,15-17H,7-8,11-12H2,1H3,(H,20,21)/t15-,16+,17+/m1/s1. The molecule has 122 valence electrons. The quantitative estimate of drug-likeness (QED) is 0.913. The molecule has 0 saturated carbocycles. The summed E-state index contributed by atoms with van der Waals surface area (Å²) in [6, 6.07) is 10.6. The second-order valence-corrected chi connectivity index (χ2v) is 6.94. The van der Waals surface area contributed by atoms with Gasteiger partial charge in [0.05, 0.1) is 6.10 Å². The molecule has 1 aliphatic heterocycles. The lowest BCUT2D eigenvalue weighted by molar-refractivity contribution is -0.122. The molecular formula is C18H22N2O2S. The number of carbonyl (C=O) groups is 1. The Labute approximate surface area is 140 Å². The second kappa shape index (κ2) is 7.70. The predicted octanol–water partition coefficient (Wildman–Crippen LogP) is 3.50.